The summed E-state index contributed by atoms with van der Waals surface area (Å²) in [6.45, 7) is 3.91. The lowest BCUT2D eigenvalue weighted by atomic mass is 10.1. The molecule has 1 aromatic carbocycles. The molecule has 0 amide bonds. The van der Waals surface area contributed by atoms with Gasteiger partial charge in [-0.05, 0) is 19.9 Å². The molecule has 0 spiro atoms. The standard InChI is InChI=1S/C18H16N4OS/c1-12-15(13(2)23-21-12)11-24-18-17-10-16(14-6-4-3-5-7-14)20-22(17)9-8-19-18/h3-10H,11H2,1-2H3. The average molecular weight is 336 g/mol. The minimum Gasteiger partial charge on any atom is -0.361 e. The van der Waals surface area contributed by atoms with Crippen LogP contribution in [0.2, 0.25) is 0 Å². The van der Waals surface area contributed by atoms with E-state index in [1.165, 1.54) is 0 Å². The van der Waals surface area contributed by atoms with Crippen LogP contribution in [0, 0.1) is 13.8 Å². The molecule has 6 heteroatoms. The van der Waals surface area contributed by atoms with E-state index in [9.17, 15) is 0 Å². The van der Waals surface area contributed by atoms with Crippen molar-refractivity contribution >= 4 is 17.3 Å². The molecule has 0 fully saturated rings. The Morgan fingerprint density at radius 2 is 2.00 bits per heavy atom. The van der Waals surface area contributed by atoms with Gasteiger partial charge in [-0.1, -0.05) is 47.3 Å². The van der Waals surface area contributed by atoms with Gasteiger partial charge in [0, 0.05) is 29.3 Å². The summed E-state index contributed by atoms with van der Waals surface area (Å²) in [6.07, 6.45) is 3.66. The summed E-state index contributed by atoms with van der Waals surface area (Å²) < 4.78 is 7.11. The number of hydrogen-bond donors (Lipinski definition) is 0. The highest BCUT2D eigenvalue weighted by molar-refractivity contribution is 7.98. The molecule has 0 aliphatic rings. The summed E-state index contributed by atoms with van der Waals surface area (Å²) in [5, 5.41) is 9.62. The van der Waals surface area contributed by atoms with Gasteiger partial charge in [-0.15, -0.1) is 0 Å². The number of nitrogens with zero attached hydrogens (tertiary/aromatic N) is 4. The summed E-state index contributed by atoms with van der Waals surface area (Å²) >= 11 is 1.67. The molecule has 4 rings (SSSR count). The van der Waals surface area contributed by atoms with E-state index < -0.39 is 0 Å². The average Bonchev–Trinajstić information content (AvgIpc) is 3.18. The monoisotopic (exact) mass is 336 g/mol. The molecule has 4 aromatic rings. The maximum absolute atomic E-state index is 5.23. The third-order valence-corrected chi connectivity index (χ3v) is 4.98. The topological polar surface area (TPSA) is 56.2 Å². The molecule has 0 radical (unpaired) electrons. The van der Waals surface area contributed by atoms with E-state index in [4.69, 9.17) is 4.52 Å². The number of aromatic nitrogens is 4. The van der Waals surface area contributed by atoms with Crippen molar-refractivity contribution in [2.24, 2.45) is 0 Å². The molecule has 0 N–H and O–H groups in total. The summed E-state index contributed by atoms with van der Waals surface area (Å²) in [5.41, 5.74) is 5.12. The van der Waals surface area contributed by atoms with Crippen LogP contribution < -0.4 is 0 Å². The number of fused-ring (bicyclic) bond motifs is 1. The highest BCUT2D eigenvalue weighted by Crippen LogP contribution is 2.29. The van der Waals surface area contributed by atoms with E-state index in [1.54, 1.807) is 18.0 Å². The van der Waals surface area contributed by atoms with Crippen molar-refractivity contribution in [3.05, 3.63) is 65.8 Å². The molecule has 0 saturated carbocycles. The smallest absolute Gasteiger partial charge is 0.137 e. The van der Waals surface area contributed by atoms with Gasteiger partial charge in [0.1, 0.15) is 10.8 Å². The van der Waals surface area contributed by atoms with Gasteiger partial charge in [0.15, 0.2) is 0 Å². The van der Waals surface area contributed by atoms with Crippen LogP contribution in [0.3, 0.4) is 0 Å². The molecule has 5 nitrogen and oxygen atoms in total. The first-order chi connectivity index (χ1) is 11.7. The Balaban J connectivity index is 1.67. The Labute approximate surface area is 143 Å². The van der Waals surface area contributed by atoms with Crippen LogP contribution in [0.1, 0.15) is 17.0 Å². The maximum atomic E-state index is 5.23. The predicted molar refractivity (Wildman–Crippen MR) is 94.0 cm³/mol. The summed E-state index contributed by atoms with van der Waals surface area (Å²) in [7, 11) is 0. The van der Waals surface area contributed by atoms with Gasteiger partial charge in [0.25, 0.3) is 0 Å². The number of aryl methyl sites for hydroxylation is 2. The maximum Gasteiger partial charge on any atom is 0.137 e. The van der Waals surface area contributed by atoms with Crippen LogP contribution in [0.4, 0.5) is 0 Å². The molecule has 0 unspecified atom stereocenters. The molecule has 0 atom stereocenters. The summed E-state index contributed by atoms with van der Waals surface area (Å²) in [5.74, 6) is 1.64. The van der Waals surface area contributed by atoms with E-state index in [0.29, 0.717) is 0 Å². The second-order valence-corrected chi connectivity index (χ2v) is 6.51. The van der Waals surface area contributed by atoms with Gasteiger partial charge in [-0.25, -0.2) is 9.50 Å². The lowest BCUT2D eigenvalue weighted by Gasteiger charge is -2.02. The van der Waals surface area contributed by atoms with E-state index >= 15 is 0 Å². The minimum atomic E-state index is 0.777. The number of hydrogen-bond acceptors (Lipinski definition) is 5. The zero-order valence-electron chi connectivity index (χ0n) is 13.4. The Bertz CT molecular complexity index is 971. The van der Waals surface area contributed by atoms with Crippen molar-refractivity contribution in [2.75, 3.05) is 0 Å². The fraction of sp³-hybridized carbons (Fsp3) is 0.167. The Hall–Kier alpha value is -2.60. The van der Waals surface area contributed by atoms with Gasteiger partial charge in [0.2, 0.25) is 0 Å². The van der Waals surface area contributed by atoms with Crippen molar-refractivity contribution in [2.45, 2.75) is 24.6 Å². The molecule has 120 valence electrons. The Morgan fingerprint density at radius 1 is 1.17 bits per heavy atom. The van der Waals surface area contributed by atoms with Gasteiger partial charge >= 0.3 is 0 Å². The third-order valence-electron chi connectivity index (χ3n) is 3.96. The van der Waals surface area contributed by atoms with Crippen LogP contribution in [0.5, 0.6) is 0 Å². The summed E-state index contributed by atoms with van der Waals surface area (Å²) in [4.78, 5) is 4.52. The van der Waals surface area contributed by atoms with Crippen molar-refractivity contribution in [1.29, 1.82) is 0 Å². The predicted octanol–water partition coefficient (Wildman–Crippen LogP) is 4.29. The molecule has 0 aliphatic carbocycles. The third kappa shape index (κ3) is 2.69. The first kappa shape index (κ1) is 15.0. The zero-order valence-corrected chi connectivity index (χ0v) is 14.2. The number of thioether (sulfide) groups is 1. The number of benzene rings is 1. The van der Waals surface area contributed by atoms with Crippen LogP contribution >= 0.6 is 11.8 Å². The molecule has 3 heterocycles. The lowest BCUT2D eigenvalue weighted by molar-refractivity contribution is 0.392. The fourth-order valence-electron chi connectivity index (χ4n) is 2.61. The summed E-state index contributed by atoms with van der Waals surface area (Å²) in [6, 6.07) is 12.2. The van der Waals surface area contributed by atoms with E-state index in [1.807, 2.05) is 42.8 Å². The molecular weight excluding hydrogens is 320 g/mol. The van der Waals surface area contributed by atoms with Crippen molar-refractivity contribution in [1.82, 2.24) is 19.8 Å². The first-order valence-electron chi connectivity index (χ1n) is 7.67. The van der Waals surface area contributed by atoms with Crippen molar-refractivity contribution < 1.29 is 4.52 Å². The van der Waals surface area contributed by atoms with E-state index in [0.717, 1.165) is 44.6 Å². The molecule has 0 saturated heterocycles. The SMILES string of the molecule is Cc1noc(C)c1CSc1nccn2nc(-c3ccccc3)cc12. The Morgan fingerprint density at radius 3 is 2.75 bits per heavy atom. The molecule has 3 aromatic heterocycles. The number of rotatable bonds is 4. The first-order valence-corrected chi connectivity index (χ1v) is 8.65. The van der Waals surface area contributed by atoms with E-state index in [-0.39, 0.29) is 0 Å². The molecule has 0 bridgehead atoms. The molecule has 24 heavy (non-hydrogen) atoms. The highest BCUT2D eigenvalue weighted by atomic mass is 32.2. The van der Waals surface area contributed by atoms with Gasteiger partial charge in [0.05, 0.1) is 16.9 Å². The normalized spacial score (nSPS) is 11.2. The second kappa shape index (κ2) is 6.13. The minimum absolute atomic E-state index is 0.777. The quantitative estimate of drug-likeness (QED) is 0.520. The van der Waals surface area contributed by atoms with Crippen LogP contribution in [0.25, 0.3) is 16.8 Å². The molecular formula is C18H16N4OS. The van der Waals surface area contributed by atoms with Crippen LogP contribution in [-0.4, -0.2) is 19.8 Å². The van der Waals surface area contributed by atoms with Crippen LogP contribution in [-0.2, 0) is 5.75 Å². The van der Waals surface area contributed by atoms with Crippen molar-refractivity contribution in [3.8, 4) is 11.3 Å². The van der Waals surface area contributed by atoms with Gasteiger partial charge in [-0.3, -0.25) is 0 Å². The van der Waals surface area contributed by atoms with Crippen LogP contribution in [0.15, 0.2) is 58.3 Å². The molecule has 0 aliphatic heterocycles. The van der Waals surface area contributed by atoms with Gasteiger partial charge < -0.3 is 4.52 Å². The fourth-order valence-corrected chi connectivity index (χ4v) is 3.74. The van der Waals surface area contributed by atoms with E-state index in [2.05, 4.69) is 33.4 Å². The second-order valence-electron chi connectivity index (χ2n) is 5.55. The largest absolute Gasteiger partial charge is 0.361 e. The lowest BCUT2D eigenvalue weighted by Crippen LogP contribution is -1.92. The van der Waals surface area contributed by atoms with Crippen molar-refractivity contribution in [3.63, 3.8) is 0 Å². The van der Waals surface area contributed by atoms with Gasteiger partial charge in [-0.2, -0.15) is 5.10 Å². The highest BCUT2D eigenvalue weighted by Gasteiger charge is 2.13. The zero-order chi connectivity index (χ0) is 16.5. The Kier molecular flexibility index (Phi) is 3.82.